The summed E-state index contributed by atoms with van der Waals surface area (Å²) in [5.74, 6) is 1.27. The number of nitrogens with zero attached hydrogens (tertiary/aromatic N) is 5. The Morgan fingerprint density at radius 2 is 1.84 bits per heavy atom. The van der Waals surface area contributed by atoms with Crippen LogP contribution in [-0.4, -0.2) is 77.0 Å². The molecule has 0 unspecified atom stereocenters. The van der Waals surface area contributed by atoms with Gasteiger partial charge in [-0.1, -0.05) is 42.4 Å². The van der Waals surface area contributed by atoms with Crippen LogP contribution in [0.15, 0.2) is 34.9 Å². The fourth-order valence-corrected chi connectivity index (χ4v) is 5.25. The minimum atomic E-state index is -3.15. The number of sulfonamides is 1. The first-order valence-corrected chi connectivity index (χ1v) is 12.9. The average Bonchev–Trinajstić information content (AvgIpc) is 3.24. The molecule has 1 aromatic carbocycles. The lowest BCUT2D eigenvalue weighted by molar-refractivity contribution is -0.131. The number of hydrogen-bond acceptors (Lipinski definition) is 7. The van der Waals surface area contributed by atoms with Crippen molar-refractivity contribution < 1.29 is 17.7 Å². The summed E-state index contributed by atoms with van der Waals surface area (Å²) in [5.41, 5.74) is 1.10. The summed E-state index contributed by atoms with van der Waals surface area (Å²) in [6, 6.07) is 9.93. The van der Waals surface area contributed by atoms with Gasteiger partial charge < -0.3 is 9.42 Å². The van der Waals surface area contributed by atoms with Crippen molar-refractivity contribution in [1.29, 1.82) is 0 Å². The summed E-state index contributed by atoms with van der Waals surface area (Å²) in [5, 5.41) is 4.03. The maximum atomic E-state index is 12.6. The van der Waals surface area contributed by atoms with Gasteiger partial charge in [0.15, 0.2) is 5.82 Å². The molecule has 1 aliphatic rings. The molecule has 1 fully saturated rings. The van der Waals surface area contributed by atoms with Crippen molar-refractivity contribution in [2.75, 3.05) is 38.5 Å². The average molecular weight is 464 g/mol. The highest BCUT2D eigenvalue weighted by molar-refractivity contribution is 7.89. The highest BCUT2D eigenvalue weighted by atomic mass is 32.2. The Labute approximate surface area is 190 Å². The Kier molecular flexibility index (Phi) is 8.77. The molecule has 3 rings (SSSR count). The molecule has 0 atom stereocenters. The Morgan fingerprint density at radius 3 is 2.50 bits per heavy atom. The molecule has 10 heteroatoms. The first-order chi connectivity index (χ1) is 15.4. The third kappa shape index (κ3) is 6.85. The van der Waals surface area contributed by atoms with E-state index in [9.17, 15) is 13.2 Å². The monoisotopic (exact) mass is 463 g/mol. The van der Waals surface area contributed by atoms with Crippen LogP contribution in [0.4, 0.5) is 0 Å². The Hall–Kier alpha value is -2.30. The van der Waals surface area contributed by atoms with Crippen LogP contribution in [-0.2, 0) is 34.3 Å². The van der Waals surface area contributed by atoms with Gasteiger partial charge in [0.2, 0.25) is 21.8 Å². The zero-order valence-corrected chi connectivity index (χ0v) is 19.8. The number of rotatable bonds is 11. The number of aryl methyl sites for hydroxylation is 1. The number of carbonyl (C=O) groups is 1. The Balaban J connectivity index is 1.44. The quantitative estimate of drug-likeness (QED) is 0.502. The van der Waals surface area contributed by atoms with Crippen LogP contribution in [0.3, 0.4) is 0 Å². The Morgan fingerprint density at radius 1 is 1.12 bits per heavy atom. The second kappa shape index (κ2) is 11.5. The van der Waals surface area contributed by atoms with Crippen molar-refractivity contribution in [2.45, 2.75) is 46.2 Å². The van der Waals surface area contributed by atoms with E-state index in [-0.39, 0.29) is 11.7 Å². The van der Waals surface area contributed by atoms with Gasteiger partial charge in [-0.05, 0) is 18.9 Å². The zero-order valence-electron chi connectivity index (χ0n) is 18.9. The zero-order chi connectivity index (χ0) is 23.0. The van der Waals surface area contributed by atoms with Crippen LogP contribution in [0.5, 0.6) is 0 Å². The van der Waals surface area contributed by atoms with Gasteiger partial charge in [0.25, 0.3) is 0 Å². The predicted octanol–water partition coefficient (Wildman–Crippen LogP) is 1.91. The fraction of sp³-hybridized carbons (Fsp3) is 0.591. The molecule has 1 saturated heterocycles. The first-order valence-electron chi connectivity index (χ1n) is 11.2. The molecule has 1 aliphatic heterocycles. The highest BCUT2D eigenvalue weighted by Crippen LogP contribution is 2.12. The van der Waals surface area contributed by atoms with Crippen LogP contribution in [0.25, 0.3) is 0 Å². The van der Waals surface area contributed by atoms with Gasteiger partial charge in [-0.15, -0.1) is 0 Å². The van der Waals surface area contributed by atoms with Crippen LogP contribution >= 0.6 is 0 Å². The summed E-state index contributed by atoms with van der Waals surface area (Å²) in [4.78, 5) is 21.0. The van der Waals surface area contributed by atoms with E-state index in [2.05, 4.69) is 15.0 Å². The van der Waals surface area contributed by atoms with Crippen LogP contribution in [0, 0.1) is 0 Å². The van der Waals surface area contributed by atoms with E-state index in [1.807, 2.05) is 49.1 Å². The molecule has 176 valence electrons. The van der Waals surface area contributed by atoms with Gasteiger partial charge in [0.05, 0.1) is 12.3 Å². The normalized spacial score (nSPS) is 15.7. The van der Waals surface area contributed by atoms with Crippen molar-refractivity contribution in [3.63, 3.8) is 0 Å². The van der Waals surface area contributed by atoms with Crippen molar-refractivity contribution in [3.8, 4) is 0 Å². The summed E-state index contributed by atoms with van der Waals surface area (Å²) in [6.45, 7) is 7.82. The number of carbonyl (C=O) groups excluding carboxylic acids is 1. The van der Waals surface area contributed by atoms with E-state index >= 15 is 0 Å². The summed E-state index contributed by atoms with van der Waals surface area (Å²) < 4.78 is 31.3. The van der Waals surface area contributed by atoms with Crippen molar-refractivity contribution in [1.82, 2.24) is 24.2 Å². The summed E-state index contributed by atoms with van der Waals surface area (Å²) >= 11 is 0. The molecule has 2 heterocycles. The van der Waals surface area contributed by atoms with Gasteiger partial charge in [-0.2, -0.15) is 9.29 Å². The third-order valence-corrected chi connectivity index (χ3v) is 7.64. The standard InChI is InChI=1S/C22H33N5O4S/c1-3-16-32(29,30)27-14-12-25(13-15-27)18-20-23-21(31-24-20)10-11-22(28)26(4-2)17-19-8-6-5-7-9-19/h5-9H,3-4,10-18H2,1-2H3. The second-order valence-electron chi connectivity index (χ2n) is 7.99. The number of aromatic nitrogens is 2. The molecule has 0 aliphatic carbocycles. The van der Waals surface area contributed by atoms with E-state index in [4.69, 9.17) is 4.52 Å². The number of benzene rings is 1. The third-order valence-electron chi connectivity index (χ3n) is 5.57. The largest absolute Gasteiger partial charge is 0.339 e. The smallest absolute Gasteiger partial charge is 0.227 e. The lowest BCUT2D eigenvalue weighted by Crippen LogP contribution is -2.48. The van der Waals surface area contributed by atoms with Gasteiger partial charge >= 0.3 is 0 Å². The summed E-state index contributed by atoms with van der Waals surface area (Å²) in [6.07, 6.45) is 1.34. The van der Waals surface area contributed by atoms with E-state index in [1.54, 1.807) is 4.31 Å². The van der Waals surface area contributed by atoms with Crippen molar-refractivity contribution in [2.24, 2.45) is 0 Å². The molecule has 32 heavy (non-hydrogen) atoms. The van der Waals surface area contributed by atoms with E-state index in [0.29, 0.717) is 76.8 Å². The summed E-state index contributed by atoms with van der Waals surface area (Å²) in [7, 11) is -3.15. The molecule has 0 spiro atoms. The molecule has 1 amide bonds. The molecular formula is C22H33N5O4S. The van der Waals surface area contributed by atoms with Gasteiger partial charge in [-0.25, -0.2) is 8.42 Å². The Bertz CT molecular complexity index is 956. The van der Waals surface area contributed by atoms with Crippen LogP contribution in [0.2, 0.25) is 0 Å². The maximum absolute atomic E-state index is 12.6. The number of hydrogen-bond donors (Lipinski definition) is 0. The highest BCUT2D eigenvalue weighted by Gasteiger charge is 2.26. The minimum Gasteiger partial charge on any atom is -0.339 e. The maximum Gasteiger partial charge on any atom is 0.227 e. The lowest BCUT2D eigenvalue weighted by Gasteiger charge is -2.33. The van der Waals surface area contributed by atoms with Gasteiger partial charge in [-0.3, -0.25) is 9.69 Å². The first kappa shape index (κ1) is 24.3. The van der Waals surface area contributed by atoms with E-state index in [1.165, 1.54) is 0 Å². The SMILES string of the molecule is CCCS(=O)(=O)N1CCN(Cc2noc(CCC(=O)N(CC)Cc3ccccc3)n2)CC1. The molecule has 0 N–H and O–H groups in total. The van der Waals surface area contributed by atoms with Crippen molar-refractivity contribution in [3.05, 3.63) is 47.6 Å². The molecule has 1 aromatic heterocycles. The topological polar surface area (TPSA) is 99.8 Å². The molecule has 9 nitrogen and oxygen atoms in total. The predicted molar refractivity (Wildman–Crippen MR) is 121 cm³/mol. The lowest BCUT2D eigenvalue weighted by atomic mass is 10.2. The van der Waals surface area contributed by atoms with Gasteiger partial charge in [0, 0.05) is 52.1 Å². The van der Waals surface area contributed by atoms with Crippen molar-refractivity contribution >= 4 is 15.9 Å². The molecule has 2 aromatic rings. The van der Waals surface area contributed by atoms with E-state index < -0.39 is 10.0 Å². The molecule has 0 saturated carbocycles. The van der Waals surface area contributed by atoms with Crippen LogP contribution < -0.4 is 0 Å². The minimum absolute atomic E-state index is 0.0560. The molecule has 0 bridgehead atoms. The fourth-order valence-electron chi connectivity index (χ4n) is 3.76. The molecular weight excluding hydrogens is 430 g/mol. The van der Waals surface area contributed by atoms with Gasteiger partial charge in [0.1, 0.15) is 0 Å². The number of amides is 1. The van der Waals surface area contributed by atoms with Crippen LogP contribution in [0.1, 0.15) is 44.0 Å². The second-order valence-corrected chi connectivity index (χ2v) is 10.1. The van der Waals surface area contributed by atoms with E-state index in [0.717, 1.165) is 5.56 Å². The molecule has 0 radical (unpaired) electrons. The number of piperazine rings is 1.